The van der Waals surface area contributed by atoms with Crippen LogP contribution in [0.5, 0.6) is 0 Å². The van der Waals surface area contributed by atoms with Crippen molar-refractivity contribution in [3.63, 3.8) is 0 Å². The maximum absolute atomic E-state index is 13.3. The third-order valence-corrected chi connectivity index (χ3v) is 5.43. The molecule has 5 nitrogen and oxygen atoms in total. The second-order valence-electron chi connectivity index (χ2n) is 6.07. The minimum absolute atomic E-state index is 0.269. The summed E-state index contributed by atoms with van der Waals surface area (Å²) in [6, 6.07) is 22.0. The topological polar surface area (TPSA) is 58.6 Å². The fourth-order valence-corrected chi connectivity index (χ4v) is 4.13. The number of esters is 1. The third kappa shape index (κ3) is 3.34. The average molecular weight is 390 g/mol. The molecule has 1 N–H and O–H groups in total. The van der Waals surface area contributed by atoms with Gasteiger partial charge in [-0.3, -0.25) is 4.90 Å². The van der Waals surface area contributed by atoms with Crippen molar-refractivity contribution >= 4 is 40.8 Å². The summed E-state index contributed by atoms with van der Waals surface area (Å²) in [4.78, 5) is 29.1. The summed E-state index contributed by atoms with van der Waals surface area (Å²) in [5.74, 6) is -0.464. The van der Waals surface area contributed by atoms with E-state index in [0.29, 0.717) is 11.3 Å². The van der Waals surface area contributed by atoms with Crippen LogP contribution >= 0.6 is 11.8 Å². The molecule has 28 heavy (non-hydrogen) atoms. The molecule has 1 aliphatic rings. The van der Waals surface area contributed by atoms with E-state index >= 15 is 0 Å². The number of nitrogens with one attached hydrogen (secondary N) is 1. The molecule has 1 aliphatic heterocycles. The van der Waals surface area contributed by atoms with Crippen molar-refractivity contribution in [2.24, 2.45) is 0 Å². The number of benzene rings is 3. The van der Waals surface area contributed by atoms with Crippen LogP contribution in [0.4, 0.5) is 21.9 Å². The molecule has 140 valence electrons. The largest absolute Gasteiger partial charge is 0.462 e. The van der Waals surface area contributed by atoms with Crippen molar-refractivity contribution in [1.82, 2.24) is 0 Å². The molecule has 0 fully saturated rings. The lowest BCUT2D eigenvalue weighted by Crippen LogP contribution is -2.33. The third-order valence-electron chi connectivity index (χ3n) is 4.30. The maximum atomic E-state index is 13.3. The van der Waals surface area contributed by atoms with Crippen LogP contribution in [0.3, 0.4) is 0 Å². The molecule has 3 aromatic rings. The van der Waals surface area contributed by atoms with Crippen LogP contribution in [-0.2, 0) is 4.74 Å². The summed E-state index contributed by atoms with van der Waals surface area (Å²) in [7, 11) is 0. The van der Waals surface area contributed by atoms with E-state index in [1.165, 1.54) is 0 Å². The number of hydrogen-bond acceptors (Lipinski definition) is 4. The summed E-state index contributed by atoms with van der Waals surface area (Å²) < 4.78 is 5.10. The van der Waals surface area contributed by atoms with Crippen LogP contribution in [-0.4, -0.2) is 18.6 Å². The van der Waals surface area contributed by atoms with Crippen LogP contribution in [0.15, 0.2) is 82.6 Å². The van der Waals surface area contributed by atoms with Gasteiger partial charge in [0.05, 0.1) is 29.2 Å². The standard InChI is InChI=1S/C22H18N2O3S/c1-2-27-21(25)15-9-3-4-10-16(15)23-22(26)24-17-11-5-7-13-19(17)28-20-14-8-6-12-18(20)24/h3-14H,2H2,1H3,(H,23,26). The predicted molar refractivity (Wildman–Crippen MR) is 111 cm³/mol. The molecular weight excluding hydrogens is 372 g/mol. The summed E-state index contributed by atoms with van der Waals surface area (Å²) in [6.45, 7) is 2.02. The fourth-order valence-electron chi connectivity index (χ4n) is 3.07. The molecule has 4 rings (SSSR count). The van der Waals surface area contributed by atoms with Gasteiger partial charge in [-0.2, -0.15) is 0 Å². The van der Waals surface area contributed by atoms with E-state index in [2.05, 4.69) is 5.32 Å². The van der Waals surface area contributed by atoms with Crippen molar-refractivity contribution in [1.29, 1.82) is 0 Å². The lowest BCUT2D eigenvalue weighted by atomic mass is 10.1. The second kappa shape index (κ2) is 7.78. The monoisotopic (exact) mass is 390 g/mol. The Morgan fingerprint density at radius 2 is 1.46 bits per heavy atom. The zero-order valence-electron chi connectivity index (χ0n) is 15.2. The highest BCUT2D eigenvalue weighted by atomic mass is 32.2. The lowest BCUT2D eigenvalue weighted by Gasteiger charge is -2.31. The van der Waals surface area contributed by atoms with Gasteiger partial charge in [-0.05, 0) is 43.3 Å². The van der Waals surface area contributed by atoms with Gasteiger partial charge in [0.25, 0.3) is 0 Å². The number of hydrogen-bond donors (Lipinski definition) is 1. The van der Waals surface area contributed by atoms with E-state index in [1.807, 2.05) is 48.5 Å². The Balaban J connectivity index is 1.71. The first-order chi connectivity index (χ1) is 13.7. The lowest BCUT2D eigenvalue weighted by molar-refractivity contribution is 0.0527. The molecule has 0 saturated carbocycles. The molecular formula is C22H18N2O3S. The van der Waals surface area contributed by atoms with E-state index in [4.69, 9.17) is 4.74 Å². The van der Waals surface area contributed by atoms with Crippen LogP contribution in [0.1, 0.15) is 17.3 Å². The summed E-state index contributed by atoms with van der Waals surface area (Å²) in [6.07, 6.45) is 0. The van der Waals surface area contributed by atoms with E-state index < -0.39 is 5.97 Å². The number of urea groups is 1. The van der Waals surface area contributed by atoms with Crippen molar-refractivity contribution < 1.29 is 14.3 Å². The average Bonchev–Trinajstić information content (AvgIpc) is 2.72. The van der Waals surface area contributed by atoms with Gasteiger partial charge in [0, 0.05) is 9.79 Å². The zero-order valence-corrected chi connectivity index (χ0v) is 16.0. The van der Waals surface area contributed by atoms with Crippen molar-refractivity contribution in [3.8, 4) is 0 Å². The minimum Gasteiger partial charge on any atom is -0.462 e. The van der Waals surface area contributed by atoms with Gasteiger partial charge in [-0.1, -0.05) is 48.2 Å². The Morgan fingerprint density at radius 3 is 2.11 bits per heavy atom. The number of nitrogens with zero attached hydrogens (tertiary/aromatic N) is 1. The number of anilines is 3. The van der Waals surface area contributed by atoms with Crippen LogP contribution in [0, 0.1) is 0 Å². The number of carbonyl (C=O) groups is 2. The van der Waals surface area contributed by atoms with Crippen LogP contribution < -0.4 is 10.2 Å². The Bertz CT molecular complexity index is 1010. The normalized spacial score (nSPS) is 12.0. The van der Waals surface area contributed by atoms with Gasteiger partial charge < -0.3 is 10.1 Å². The molecule has 0 radical (unpaired) electrons. The quantitative estimate of drug-likeness (QED) is 0.583. The molecule has 0 atom stereocenters. The highest BCUT2D eigenvalue weighted by molar-refractivity contribution is 7.99. The van der Waals surface area contributed by atoms with E-state index in [9.17, 15) is 9.59 Å². The number of rotatable bonds is 3. The van der Waals surface area contributed by atoms with Gasteiger partial charge in [0.1, 0.15) is 0 Å². The molecule has 0 unspecified atom stereocenters. The predicted octanol–water partition coefficient (Wildman–Crippen LogP) is 5.70. The number of amides is 2. The van der Waals surface area contributed by atoms with Crippen LogP contribution in [0.2, 0.25) is 0 Å². The van der Waals surface area contributed by atoms with Crippen molar-refractivity contribution in [2.75, 3.05) is 16.8 Å². The van der Waals surface area contributed by atoms with E-state index in [-0.39, 0.29) is 12.6 Å². The molecule has 2 amide bonds. The second-order valence-corrected chi connectivity index (χ2v) is 7.15. The van der Waals surface area contributed by atoms with E-state index in [0.717, 1.165) is 21.2 Å². The first-order valence-electron chi connectivity index (χ1n) is 8.92. The van der Waals surface area contributed by atoms with Gasteiger partial charge in [0.15, 0.2) is 0 Å². The molecule has 3 aromatic carbocycles. The SMILES string of the molecule is CCOC(=O)c1ccccc1NC(=O)N1c2ccccc2Sc2ccccc21. The number of fused-ring (bicyclic) bond motifs is 2. The van der Waals surface area contributed by atoms with Gasteiger partial charge in [0.2, 0.25) is 0 Å². The van der Waals surface area contributed by atoms with E-state index in [1.54, 1.807) is 47.9 Å². The van der Waals surface area contributed by atoms with Crippen molar-refractivity contribution in [3.05, 3.63) is 78.4 Å². The zero-order chi connectivity index (χ0) is 19.5. The van der Waals surface area contributed by atoms with Crippen molar-refractivity contribution in [2.45, 2.75) is 16.7 Å². The Morgan fingerprint density at radius 1 is 0.893 bits per heavy atom. The molecule has 0 aliphatic carbocycles. The molecule has 0 aromatic heterocycles. The summed E-state index contributed by atoms with van der Waals surface area (Å²) in [5, 5.41) is 2.88. The first-order valence-corrected chi connectivity index (χ1v) is 9.74. The first kappa shape index (κ1) is 18.1. The summed E-state index contributed by atoms with van der Waals surface area (Å²) in [5.41, 5.74) is 2.35. The molecule has 0 bridgehead atoms. The molecule has 0 saturated heterocycles. The van der Waals surface area contributed by atoms with Gasteiger partial charge >= 0.3 is 12.0 Å². The Hall–Kier alpha value is -3.25. The van der Waals surface area contributed by atoms with Gasteiger partial charge in [-0.15, -0.1) is 0 Å². The molecule has 0 spiro atoms. The fraction of sp³-hybridized carbons (Fsp3) is 0.0909. The maximum Gasteiger partial charge on any atom is 0.340 e. The van der Waals surface area contributed by atoms with Crippen LogP contribution in [0.25, 0.3) is 0 Å². The minimum atomic E-state index is -0.464. The highest BCUT2D eigenvalue weighted by Crippen LogP contribution is 2.48. The number of ether oxygens (including phenoxy) is 1. The molecule has 1 heterocycles. The Labute approximate surface area is 167 Å². The molecule has 6 heteroatoms. The number of carbonyl (C=O) groups excluding carboxylic acids is 2. The number of para-hydroxylation sites is 3. The Kier molecular flexibility index (Phi) is 5.04. The smallest absolute Gasteiger partial charge is 0.340 e. The summed E-state index contributed by atoms with van der Waals surface area (Å²) >= 11 is 1.63. The van der Waals surface area contributed by atoms with Gasteiger partial charge in [-0.25, -0.2) is 9.59 Å². The highest BCUT2D eigenvalue weighted by Gasteiger charge is 2.28.